The average Bonchev–Trinajstić information content (AvgIpc) is 3.29. The molecule has 0 aliphatic carbocycles. The molecule has 0 saturated carbocycles. The molecule has 33 heavy (non-hydrogen) atoms. The summed E-state index contributed by atoms with van der Waals surface area (Å²) >= 11 is 6.05. The van der Waals surface area contributed by atoms with Crippen LogP contribution in [-0.2, 0) is 22.9 Å². The number of nitrogens with zero attached hydrogens (tertiary/aromatic N) is 4. The third-order valence-corrected chi connectivity index (χ3v) is 7.31. The van der Waals surface area contributed by atoms with Crippen LogP contribution >= 0.6 is 19.4 Å². The van der Waals surface area contributed by atoms with E-state index in [2.05, 4.69) is 15.0 Å². The molecule has 0 radical (unpaired) electrons. The number of phosphoric ester groups is 1. The van der Waals surface area contributed by atoms with Gasteiger partial charge in [-0.1, -0.05) is 23.7 Å². The fraction of sp³-hybridized carbons (Fsp3) is 0.421. The van der Waals surface area contributed by atoms with Gasteiger partial charge in [-0.3, -0.25) is 18.1 Å². The Morgan fingerprint density at radius 3 is 2.97 bits per heavy atom. The molecule has 6 atom stereocenters. The maximum Gasteiger partial charge on any atom is 0.477 e. The molecular formula is C19H21ClN5O7P. The molecule has 5 rings (SSSR count). The molecule has 3 aromatic rings. The Kier molecular flexibility index (Phi) is 5.66. The van der Waals surface area contributed by atoms with Gasteiger partial charge in [0.1, 0.15) is 23.5 Å². The number of aliphatic hydroxyl groups is 2. The Bertz CT molecular complexity index is 1240. The van der Waals surface area contributed by atoms with Gasteiger partial charge < -0.3 is 20.7 Å². The highest BCUT2D eigenvalue weighted by Crippen LogP contribution is 2.59. The molecule has 14 heteroatoms. The van der Waals surface area contributed by atoms with Gasteiger partial charge >= 0.3 is 7.82 Å². The van der Waals surface area contributed by atoms with Crippen LogP contribution in [0, 0.1) is 0 Å². The van der Waals surface area contributed by atoms with Crippen molar-refractivity contribution < 1.29 is 33.1 Å². The quantitative estimate of drug-likeness (QED) is 0.453. The van der Waals surface area contributed by atoms with E-state index in [1.165, 1.54) is 24.1 Å². The number of aliphatic hydroxyl groups excluding tert-OH is 1. The monoisotopic (exact) mass is 497 g/mol. The van der Waals surface area contributed by atoms with Gasteiger partial charge in [0, 0.05) is 11.4 Å². The predicted molar refractivity (Wildman–Crippen MR) is 115 cm³/mol. The third-order valence-electron chi connectivity index (χ3n) is 5.60. The second kappa shape index (κ2) is 8.26. The number of fused-ring (bicyclic) bond motifs is 1. The van der Waals surface area contributed by atoms with Crippen molar-refractivity contribution in [1.29, 1.82) is 0 Å². The number of nitrogens with two attached hydrogens (primary N) is 1. The minimum Gasteiger partial charge on any atom is -0.385 e. The fourth-order valence-electron chi connectivity index (χ4n) is 3.86. The zero-order valence-electron chi connectivity index (χ0n) is 17.3. The van der Waals surface area contributed by atoms with Gasteiger partial charge in [0.05, 0.1) is 19.0 Å². The van der Waals surface area contributed by atoms with Gasteiger partial charge in [0.25, 0.3) is 0 Å². The number of anilines is 1. The summed E-state index contributed by atoms with van der Waals surface area (Å²) in [5.74, 6) is 0.144. The van der Waals surface area contributed by atoms with E-state index in [1.807, 2.05) is 0 Å². The SMILES string of the molecule is C[C@@]1(O)[C@H](O)C(O[P@@]2(=O)OCC[C@H](c3cccc(Cl)c3)O2)O[C@H]1n1cnc2c(N)ncnc21. The molecule has 0 spiro atoms. The normalized spacial score (nSPS) is 34.7. The fourth-order valence-corrected chi connectivity index (χ4v) is 5.52. The maximum atomic E-state index is 13.2. The summed E-state index contributed by atoms with van der Waals surface area (Å²) in [4.78, 5) is 12.1. The first-order valence-corrected chi connectivity index (χ1v) is 11.9. The molecule has 2 fully saturated rings. The minimum atomic E-state index is -4.16. The van der Waals surface area contributed by atoms with Gasteiger partial charge in [0.2, 0.25) is 6.29 Å². The van der Waals surface area contributed by atoms with Crippen molar-refractivity contribution in [3.05, 3.63) is 47.5 Å². The molecule has 0 amide bonds. The lowest BCUT2D eigenvalue weighted by atomic mass is 9.99. The number of imidazole rings is 1. The van der Waals surface area contributed by atoms with Crippen molar-refractivity contribution in [2.45, 2.75) is 43.7 Å². The van der Waals surface area contributed by atoms with Crippen molar-refractivity contribution in [2.24, 2.45) is 0 Å². The topological polar surface area (TPSA) is 164 Å². The highest BCUT2D eigenvalue weighted by molar-refractivity contribution is 7.48. The minimum absolute atomic E-state index is 0.0828. The predicted octanol–water partition coefficient (Wildman–Crippen LogP) is 2.33. The first-order chi connectivity index (χ1) is 15.7. The van der Waals surface area contributed by atoms with Crippen LogP contribution in [0.2, 0.25) is 5.02 Å². The van der Waals surface area contributed by atoms with Crippen molar-refractivity contribution in [2.75, 3.05) is 12.3 Å². The summed E-state index contributed by atoms with van der Waals surface area (Å²) < 4.78 is 36.8. The van der Waals surface area contributed by atoms with Crippen LogP contribution in [0.3, 0.4) is 0 Å². The van der Waals surface area contributed by atoms with E-state index in [4.69, 9.17) is 35.6 Å². The van der Waals surface area contributed by atoms with Crippen LogP contribution in [0.4, 0.5) is 5.82 Å². The number of hydrogen-bond acceptors (Lipinski definition) is 11. The number of phosphoric acid groups is 1. The molecule has 176 valence electrons. The van der Waals surface area contributed by atoms with Crippen LogP contribution in [-0.4, -0.2) is 54.3 Å². The molecule has 4 N–H and O–H groups in total. The highest BCUT2D eigenvalue weighted by atomic mass is 35.5. The lowest BCUT2D eigenvalue weighted by Crippen LogP contribution is -2.44. The molecule has 1 unspecified atom stereocenters. The summed E-state index contributed by atoms with van der Waals surface area (Å²) in [6.07, 6.45) is -1.94. The summed E-state index contributed by atoms with van der Waals surface area (Å²) in [5.41, 5.74) is 5.22. The lowest BCUT2D eigenvalue weighted by molar-refractivity contribution is -0.145. The van der Waals surface area contributed by atoms with Crippen molar-refractivity contribution in [3.63, 3.8) is 0 Å². The van der Waals surface area contributed by atoms with Gasteiger partial charge in [-0.05, 0) is 24.6 Å². The number of nitrogen functional groups attached to an aromatic ring is 1. The first kappa shape index (κ1) is 22.6. The van der Waals surface area contributed by atoms with Gasteiger partial charge in [-0.15, -0.1) is 0 Å². The zero-order chi connectivity index (χ0) is 23.4. The van der Waals surface area contributed by atoms with Crippen molar-refractivity contribution >= 4 is 36.4 Å². The Morgan fingerprint density at radius 2 is 2.18 bits per heavy atom. The molecule has 1 aromatic carbocycles. The Morgan fingerprint density at radius 1 is 1.36 bits per heavy atom. The third kappa shape index (κ3) is 4.02. The average molecular weight is 498 g/mol. The van der Waals surface area contributed by atoms with E-state index in [0.29, 0.717) is 22.5 Å². The largest absolute Gasteiger partial charge is 0.477 e. The molecule has 2 aliphatic rings. The van der Waals surface area contributed by atoms with Gasteiger partial charge in [-0.2, -0.15) is 0 Å². The number of rotatable bonds is 4. The molecule has 2 aliphatic heterocycles. The number of hydrogen-bond donors (Lipinski definition) is 3. The van der Waals surface area contributed by atoms with Crippen LogP contribution in [0.1, 0.15) is 31.2 Å². The number of benzene rings is 1. The van der Waals surface area contributed by atoms with E-state index >= 15 is 0 Å². The number of aromatic nitrogens is 4. The standard InChI is InChI=1S/C19H21ClN5O7P/c1-19(27)14(26)17(30-18(19)25-9-24-13-15(21)22-8-23-16(13)25)32-33(28)29-6-5-12(31-33)10-3-2-4-11(20)7-10/h2-4,7-9,12,14,17-18,26-27H,5-6H2,1H3,(H2,21,22,23)/t12-,14-,17?,18-,19-,33+/m1/s1. The Labute approximate surface area is 192 Å². The zero-order valence-corrected chi connectivity index (χ0v) is 19.0. The van der Waals surface area contributed by atoms with Crippen LogP contribution in [0.25, 0.3) is 11.2 Å². The van der Waals surface area contributed by atoms with E-state index in [9.17, 15) is 14.8 Å². The van der Waals surface area contributed by atoms with Crippen molar-refractivity contribution in [1.82, 2.24) is 19.5 Å². The molecule has 2 saturated heterocycles. The molecule has 2 aromatic heterocycles. The van der Waals surface area contributed by atoms with Crippen LogP contribution in [0.15, 0.2) is 36.9 Å². The van der Waals surface area contributed by atoms with Gasteiger partial charge in [-0.25, -0.2) is 19.5 Å². The second-order valence-corrected chi connectivity index (χ2v) is 9.94. The second-order valence-electron chi connectivity index (χ2n) is 7.93. The van der Waals surface area contributed by atoms with E-state index < -0.39 is 38.1 Å². The summed E-state index contributed by atoms with van der Waals surface area (Å²) in [5, 5.41) is 22.2. The van der Waals surface area contributed by atoms with Crippen LogP contribution < -0.4 is 5.73 Å². The van der Waals surface area contributed by atoms with Gasteiger partial charge in [0.15, 0.2) is 17.7 Å². The summed E-state index contributed by atoms with van der Waals surface area (Å²) in [7, 11) is -4.16. The van der Waals surface area contributed by atoms with Crippen molar-refractivity contribution in [3.8, 4) is 0 Å². The van der Waals surface area contributed by atoms with E-state index in [0.717, 1.165) is 0 Å². The molecular weight excluding hydrogens is 477 g/mol. The number of ether oxygens (including phenoxy) is 1. The molecule has 4 heterocycles. The first-order valence-electron chi connectivity index (χ1n) is 10.0. The Balaban J connectivity index is 1.38. The van der Waals surface area contributed by atoms with Crippen LogP contribution in [0.5, 0.6) is 0 Å². The van der Waals surface area contributed by atoms with E-state index in [1.54, 1.807) is 24.3 Å². The Hall–Kier alpha value is -2.15. The summed E-state index contributed by atoms with van der Waals surface area (Å²) in [6.45, 7) is 1.43. The molecule has 12 nitrogen and oxygen atoms in total. The maximum absolute atomic E-state index is 13.2. The lowest BCUT2D eigenvalue weighted by Gasteiger charge is -2.31. The van der Waals surface area contributed by atoms with E-state index in [-0.39, 0.29) is 18.1 Å². The number of halogens is 1. The summed E-state index contributed by atoms with van der Waals surface area (Å²) in [6, 6.07) is 6.94. The molecule has 0 bridgehead atoms. The smallest absolute Gasteiger partial charge is 0.385 e. The highest BCUT2D eigenvalue weighted by Gasteiger charge is 2.57.